The number of aromatic nitrogens is 2. The van der Waals surface area contributed by atoms with Crippen LogP contribution in [0.25, 0.3) is 16.7 Å². The number of rotatable bonds is 6. The van der Waals surface area contributed by atoms with Crippen LogP contribution < -0.4 is 4.74 Å². The van der Waals surface area contributed by atoms with E-state index in [1.807, 2.05) is 35.0 Å². The standard InChI is InChI=1S/C26H32N4O4S/c1-19(29-15-26(16-29)17-33-18-26)28-10-8-21(9-11-28)34-22-3-6-25(27-14-22)30-12-7-20-13-23(35(2,31)32)4-5-24(20)30/h3-7,12-14,19,21H,8-11,15-18H2,1-2H3. The second kappa shape index (κ2) is 8.58. The lowest BCUT2D eigenvalue weighted by Gasteiger charge is -2.58. The first-order valence-electron chi connectivity index (χ1n) is 12.3. The highest BCUT2D eigenvalue weighted by Gasteiger charge is 2.50. The lowest BCUT2D eigenvalue weighted by Crippen LogP contribution is -2.70. The second-order valence-electron chi connectivity index (χ2n) is 10.4. The van der Waals surface area contributed by atoms with Crippen molar-refractivity contribution >= 4 is 20.7 Å². The van der Waals surface area contributed by atoms with Crippen molar-refractivity contribution in [2.24, 2.45) is 5.41 Å². The lowest BCUT2D eigenvalue weighted by atomic mass is 9.77. The number of pyridine rings is 1. The number of hydrogen-bond donors (Lipinski definition) is 0. The highest BCUT2D eigenvalue weighted by atomic mass is 32.2. The quantitative estimate of drug-likeness (QED) is 0.519. The van der Waals surface area contributed by atoms with E-state index in [4.69, 9.17) is 9.47 Å². The van der Waals surface area contributed by atoms with Gasteiger partial charge in [0.1, 0.15) is 17.7 Å². The molecule has 0 N–H and O–H groups in total. The number of piperidine rings is 1. The average Bonchev–Trinajstić information content (AvgIpc) is 3.21. The number of sulfone groups is 1. The molecule has 0 radical (unpaired) electrons. The van der Waals surface area contributed by atoms with E-state index >= 15 is 0 Å². The Balaban J connectivity index is 1.05. The Morgan fingerprint density at radius 1 is 1.09 bits per heavy atom. The van der Waals surface area contributed by atoms with Gasteiger partial charge in [0.15, 0.2) is 9.84 Å². The summed E-state index contributed by atoms with van der Waals surface area (Å²) < 4.78 is 37.3. The first-order valence-corrected chi connectivity index (χ1v) is 14.2. The zero-order chi connectivity index (χ0) is 24.2. The van der Waals surface area contributed by atoms with E-state index in [0.29, 0.717) is 16.5 Å². The van der Waals surface area contributed by atoms with Gasteiger partial charge in [-0.25, -0.2) is 13.4 Å². The monoisotopic (exact) mass is 496 g/mol. The van der Waals surface area contributed by atoms with Crippen LogP contribution in [0.5, 0.6) is 5.75 Å². The van der Waals surface area contributed by atoms with Gasteiger partial charge >= 0.3 is 0 Å². The summed E-state index contributed by atoms with van der Waals surface area (Å²) in [5, 5.41) is 0.866. The summed E-state index contributed by atoms with van der Waals surface area (Å²) in [6, 6.07) is 11.0. The van der Waals surface area contributed by atoms with Gasteiger partial charge in [0.25, 0.3) is 0 Å². The van der Waals surface area contributed by atoms with Gasteiger partial charge in [-0.3, -0.25) is 9.80 Å². The maximum Gasteiger partial charge on any atom is 0.175 e. The molecular formula is C26H32N4O4S. The molecule has 8 nitrogen and oxygen atoms in total. The molecule has 0 saturated carbocycles. The van der Waals surface area contributed by atoms with Crippen molar-refractivity contribution in [3.63, 3.8) is 0 Å². The summed E-state index contributed by atoms with van der Waals surface area (Å²) in [6.45, 7) is 8.61. The van der Waals surface area contributed by atoms with E-state index in [1.54, 1.807) is 18.3 Å². The minimum absolute atomic E-state index is 0.204. The molecule has 3 fully saturated rings. The Morgan fingerprint density at radius 3 is 2.49 bits per heavy atom. The summed E-state index contributed by atoms with van der Waals surface area (Å²) in [7, 11) is -3.24. The molecule has 1 aromatic carbocycles. The first-order chi connectivity index (χ1) is 16.8. The lowest BCUT2D eigenvalue weighted by molar-refractivity contribution is -0.211. The maximum atomic E-state index is 11.8. The van der Waals surface area contributed by atoms with Crippen molar-refractivity contribution in [1.29, 1.82) is 0 Å². The third-order valence-corrected chi connectivity index (χ3v) is 8.90. The molecule has 1 atom stereocenters. The fourth-order valence-corrected chi connectivity index (χ4v) is 6.24. The van der Waals surface area contributed by atoms with Crippen molar-refractivity contribution in [2.45, 2.75) is 36.9 Å². The van der Waals surface area contributed by atoms with Crippen LogP contribution in [0.1, 0.15) is 19.8 Å². The fraction of sp³-hybridized carbons (Fsp3) is 0.500. The third-order valence-electron chi connectivity index (χ3n) is 7.79. The van der Waals surface area contributed by atoms with Gasteiger partial charge in [0.05, 0.1) is 36.0 Å². The molecule has 186 valence electrons. The van der Waals surface area contributed by atoms with Gasteiger partial charge in [0, 0.05) is 49.4 Å². The molecule has 35 heavy (non-hydrogen) atoms. The summed E-state index contributed by atoms with van der Waals surface area (Å²) >= 11 is 0. The largest absolute Gasteiger partial charge is 0.489 e. The zero-order valence-electron chi connectivity index (χ0n) is 20.3. The molecule has 0 bridgehead atoms. The number of nitrogens with zero attached hydrogens (tertiary/aromatic N) is 4. The molecule has 9 heteroatoms. The van der Waals surface area contributed by atoms with Crippen molar-refractivity contribution in [2.75, 3.05) is 45.6 Å². The molecule has 3 aromatic rings. The van der Waals surface area contributed by atoms with Crippen LogP contribution in [0.3, 0.4) is 0 Å². The molecule has 5 heterocycles. The van der Waals surface area contributed by atoms with E-state index in [0.717, 1.165) is 74.7 Å². The van der Waals surface area contributed by atoms with Crippen LogP contribution in [0, 0.1) is 5.41 Å². The number of ether oxygens (including phenoxy) is 2. The van der Waals surface area contributed by atoms with E-state index in [1.165, 1.54) is 6.26 Å². The second-order valence-corrected chi connectivity index (χ2v) is 12.4. The normalized spacial score (nSPS) is 22.1. The fourth-order valence-electron chi connectivity index (χ4n) is 5.58. The van der Waals surface area contributed by atoms with Crippen LogP contribution in [0.4, 0.5) is 0 Å². The molecular weight excluding hydrogens is 464 g/mol. The van der Waals surface area contributed by atoms with Gasteiger partial charge < -0.3 is 14.0 Å². The zero-order valence-corrected chi connectivity index (χ0v) is 21.1. The Morgan fingerprint density at radius 2 is 1.86 bits per heavy atom. The number of fused-ring (bicyclic) bond motifs is 1. The summed E-state index contributed by atoms with van der Waals surface area (Å²) in [5.74, 6) is 1.55. The smallest absolute Gasteiger partial charge is 0.175 e. The molecule has 3 saturated heterocycles. The van der Waals surface area contributed by atoms with E-state index in [9.17, 15) is 8.42 Å². The van der Waals surface area contributed by atoms with Gasteiger partial charge in [-0.2, -0.15) is 0 Å². The van der Waals surface area contributed by atoms with Gasteiger partial charge in [0.2, 0.25) is 0 Å². The third kappa shape index (κ3) is 4.35. The minimum atomic E-state index is -3.24. The maximum absolute atomic E-state index is 11.8. The van der Waals surface area contributed by atoms with Gasteiger partial charge in [-0.1, -0.05) is 0 Å². The molecule has 0 aliphatic carbocycles. The van der Waals surface area contributed by atoms with E-state index in [2.05, 4.69) is 21.7 Å². The minimum Gasteiger partial charge on any atom is -0.489 e. The number of benzene rings is 1. The highest BCUT2D eigenvalue weighted by Crippen LogP contribution is 2.39. The summed E-state index contributed by atoms with van der Waals surface area (Å²) in [6.07, 6.45) is 7.62. The Bertz CT molecular complexity index is 1320. The van der Waals surface area contributed by atoms with Crippen molar-refractivity contribution < 1.29 is 17.9 Å². The van der Waals surface area contributed by atoms with Crippen LogP contribution >= 0.6 is 0 Å². The van der Waals surface area contributed by atoms with Crippen LogP contribution in [-0.4, -0.2) is 85.7 Å². The first kappa shape index (κ1) is 23.0. The molecule has 3 aliphatic rings. The van der Waals surface area contributed by atoms with Crippen molar-refractivity contribution in [3.8, 4) is 11.6 Å². The highest BCUT2D eigenvalue weighted by molar-refractivity contribution is 7.90. The number of likely N-dealkylation sites (tertiary alicyclic amines) is 2. The molecule has 1 spiro atoms. The summed E-state index contributed by atoms with van der Waals surface area (Å²) in [5.41, 5.74) is 1.37. The van der Waals surface area contributed by atoms with Gasteiger partial charge in [-0.05, 0) is 56.2 Å². The van der Waals surface area contributed by atoms with Gasteiger partial charge in [-0.15, -0.1) is 0 Å². The Labute approximate surface area is 206 Å². The molecule has 6 rings (SSSR count). The van der Waals surface area contributed by atoms with E-state index in [-0.39, 0.29) is 6.10 Å². The predicted molar refractivity (Wildman–Crippen MR) is 134 cm³/mol. The molecule has 0 amide bonds. The van der Waals surface area contributed by atoms with Crippen molar-refractivity contribution in [1.82, 2.24) is 19.4 Å². The predicted octanol–water partition coefficient (Wildman–Crippen LogP) is 2.95. The molecule has 2 aromatic heterocycles. The molecule has 3 aliphatic heterocycles. The van der Waals surface area contributed by atoms with Crippen molar-refractivity contribution in [3.05, 3.63) is 48.8 Å². The van der Waals surface area contributed by atoms with E-state index < -0.39 is 9.84 Å². The topological polar surface area (TPSA) is 76.9 Å². The Kier molecular flexibility index (Phi) is 5.63. The Hall–Kier alpha value is -2.46. The van der Waals surface area contributed by atoms with Crippen LogP contribution in [-0.2, 0) is 14.6 Å². The average molecular weight is 497 g/mol. The van der Waals surface area contributed by atoms with Crippen LogP contribution in [0.15, 0.2) is 53.7 Å². The van der Waals surface area contributed by atoms with Crippen LogP contribution in [0.2, 0.25) is 0 Å². The summed E-state index contributed by atoms with van der Waals surface area (Å²) in [4.78, 5) is 10.1. The SMILES string of the molecule is CC(N1CCC(Oc2ccc(-n3ccc4cc(S(C)(=O)=O)ccc43)nc2)CC1)N1CC2(COC2)C1. The number of hydrogen-bond acceptors (Lipinski definition) is 7. The molecule has 1 unspecified atom stereocenters.